The zero-order chi connectivity index (χ0) is 19.3. The Hall–Kier alpha value is -2.53. The van der Waals surface area contributed by atoms with Gasteiger partial charge in [0, 0.05) is 18.7 Å². The van der Waals surface area contributed by atoms with E-state index in [1.54, 1.807) is 7.11 Å². The molecule has 0 aliphatic carbocycles. The quantitative estimate of drug-likeness (QED) is 0.751. The number of carbonyl (C=O) groups excluding carboxylic acids is 1. The fourth-order valence-corrected chi connectivity index (χ4v) is 4.03. The topological polar surface area (TPSA) is 48.0 Å². The summed E-state index contributed by atoms with van der Waals surface area (Å²) in [5, 5.41) is 0. The predicted octanol–water partition coefficient (Wildman–Crippen LogP) is 4.23. The summed E-state index contributed by atoms with van der Waals surface area (Å²) in [5.41, 5.74) is 1.82. The highest BCUT2D eigenvalue weighted by molar-refractivity contribution is 5.94. The first-order valence-electron chi connectivity index (χ1n) is 10.0. The number of likely N-dealkylation sites (tertiary alicyclic amines) is 1. The number of amides is 1. The highest BCUT2D eigenvalue weighted by atomic mass is 16.5. The van der Waals surface area contributed by atoms with E-state index in [2.05, 4.69) is 6.07 Å². The molecule has 2 aromatic rings. The van der Waals surface area contributed by atoms with Gasteiger partial charge in [-0.15, -0.1) is 0 Å². The van der Waals surface area contributed by atoms with Crippen molar-refractivity contribution in [3.8, 4) is 11.5 Å². The molecule has 2 saturated heterocycles. The molecule has 28 heavy (non-hydrogen) atoms. The Kier molecular flexibility index (Phi) is 5.81. The van der Waals surface area contributed by atoms with Gasteiger partial charge in [0.2, 0.25) is 0 Å². The predicted molar refractivity (Wildman–Crippen MR) is 107 cm³/mol. The molecular formula is C23H27NO4. The molecule has 0 aromatic heterocycles. The molecule has 2 heterocycles. The van der Waals surface area contributed by atoms with Gasteiger partial charge in [0.1, 0.15) is 18.1 Å². The maximum Gasteiger partial charge on any atom is 0.254 e. The Morgan fingerprint density at radius 3 is 2.71 bits per heavy atom. The van der Waals surface area contributed by atoms with Gasteiger partial charge in [-0.2, -0.15) is 0 Å². The van der Waals surface area contributed by atoms with E-state index in [4.69, 9.17) is 14.2 Å². The first-order chi connectivity index (χ1) is 13.7. The first kappa shape index (κ1) is 18.8. The Morgan fingerprint density at radius 1 is 1.11 bits per heavy atom. The second kappa shape index (κ2) is 8.65. The molecule has 0 spiro atoms. The summed E-state index contributed by atoms with van der Waals surface area (Å²) in [4.78, 5) is 15.1. The molecule has 0 saturated carbocycles. The van der Waals surface area contributed by atoms with Crippen LogP contribution in [-0.4, -0.2) is 43.8 Å². The molecular weight excluding hydrogens is 354 g/mol. The second-order valence-electron chi connectivity index (χ2n) is 7.40. The van der Waals surface area contributed by atoms with Crippen LogP contribution in [0, 0.1) is 0 Å². The van der Waals surface area contributed by atoms with E-state index < -0.39 is 0 Å². The minimum atomic E-state index is 0.0657. The summed E-state index contributed by atoms with van der Waals surface area (Å²) in [6.07, 6.45) is 4.33. The third-order valence-electron chi connectivity index (χ3n) is 5.55. The minimum Gasteiger partial charge on any atom is -0.497 e. The Labute approximate surface area is 166 Å². The minimum absolute atomic E-state index is 0.0657. The maximum absolute atomic E-state index is 13.1. The number of rotatable bonds is 6. The van der Waals surface area contributed by atoms with Crippen LogP contribution in [0.3, 0.4) is 0 Å². The van der Waals surface area contributed by atoms with E-state index in [9.17, 15) is 4.79 Å². The van der Waals surface area contributed by atoms with Crippen molar-refractivity contribution < 1.29 is 19.0 Å². The summed E-state index contributed by atoms with van der Waals surface area (Å²) in [6, 6.07) is 15.6. The van der Waals surface area contributed by atoms with E-state index in [0.29, 0.717) is 12.2 Å². The van der Waals surface area contributed by atoms with Crippen molar-refractivity contribution >= 4 is 5.91 Å². The first-order valence-corrected chi connectivity index (χ1v) is 10.0. The van der Waals surface area contributed by atoms with Gasteiger partial charge in [-0.25, -0.2) is 0 Å². The van der Waals surface area contributed by atoms with Crippen LogP contribution in [0.25, 0.3) is 0 Å². The molecule has 2 aliphatic heterocycles. The maximum atomic E-state index is 13.1. The molecule has 4 rings (SSSR count). The van der Waals surface area contributed by atoms with Crippen LogP contribution in [0.5, 0.6) is 11.5 Å². The second-order valence-corrected chi connectivity index (χ2v) is 7.40. The molecule has 2 fully saturated rings. The van der Waals surface area contributed by atoms with E-state index in [1.807, 2.05) is 47.4 Å². The summed E-state index contributed by atoms with van der Waals surface area (Å²) >= 11 is 0. The standard InChI is InChI=1S/C23H27NO4/c1-26-20-6-2-5-18(15-20)22-8-3-13-24(22)23(25)17-9-11-19(12-10-17)28-16-21-7-4-14-27-21/h2,5-6,9-12,15,21-22H,3-4,7-8,13-14,16H2,1H3. The van der Waals surface area contributed by atoms with Crippen LogP contribution in [0.2, 0.25) is 0 Å². The monoisotopic (exact) mass is 381 g/mol. The fraction of sp³-hybridized carbons (Fsp3) is 0.435. The number of nitrogens with zero attached hydrogens (tertiary/aromatic N) is 1. The van der Waals surface area contributed by atoms with Crippen molar-refractivity contribution in [2.24, 2.45) is 0 Å². The Morgan fingerprint density at radius 2 is 1.96 bits per heavy atom. The highest BCUT2D eigenvalue weighted by Crippen LogP contribution is 2.34. The molecule has 0 N–H and O–H groups in total. The smallest absolute Gasteiger partial charge is 0.254 e. The lowest BCUT2D eigenvalue weighted by Gasteiger charge is -2.25. The summed E-state index contributed by atoms with van der Waals surface area (Å²) in [7, 11) is 1.67. The number of carbonyl (C=O) groups is 1. The van der Waals surface area contributed by atoms with Gasteiger partial charge < -0.3 is 19.1 Å². The van der Waals surface area contributed by atoms with Gasteiger partial charge in [0.25, 0.3) is 5.91 Å². The Bertz CT molecular complexity index is 799. The molecule has 2 aromatic carbocycles. The molecule has 5 heteroatoms. The Balaban J connectivity index is 1.42. The van der Waals surface area contributed by atoms with Crippen molar-refractivity contribution in [3.05, 3.63) is 59.7 Å². The van der Waals surface area contributed by atoms with E-state index in [0.717, 1.165) is 55.9 Å². The molecule has 1 amide bonds. The van der Waals surface area contributed by atoms with Crippen molar-refractivity contribution in [1.29, 1.82) is 0 Å². The number of hydrogen-bond acceptors (Lipinski definition) is 4. The van der Waals surface area contributed by atoms with Crippen molar-refractivity contribution in [1.82, 2.24) is 4.90 Å². The van der Waals surface area contributed by atoms with Gasteiger partial charge in [0.15, 0.2) is 0 Å². The number of hydrogen-bond donors (Lipinski definition) is 0. The SMILES string of the molecule is COc1cccc(C2CCCN2C(=O)c2ccc(OCC3CCCO3)cc2)c1. The van der Waals surface area contributed by atoms with Gasteiger partial charge in [-0.1, -0.05) is 12.1 Å². The number of benzene rings is 2. The average molecular weight is 381 g/mol. The van der Waals surface area contributed by atoms with Gasteiger partial charge in [-0.3, -0.25) is 4.79 Å². The van der Waals surface area contributed by atoms with Gasteiger partial charge >= 0.3 is 0 Å². The lowest BCUT2D eigenvalue weighted by molar-refractivity contribution is 0.0678. The molecule has 0 radical (unpaired) electrons. The normalized spacial score (nSPS) is 21.7. The summed E-state index contributed by atoms with van der Waals surface area (Å²) < 4.78 is 16.7. The van der Waals surface area contributed by atoms with Crippen LogP contribution in [-0.2, 0) is 4.74 Å². The average Bonchev–Trinajstić information content (AvgIpc) is 3.44. The zero-order valence-electron chi connectivity index (χ0n) is 16.3. The van der Waals surface area contributed by atoms with Crippen molar-refractivity contribution in [3.63, 3.8) is 0 Å². The molecule has 5 nitrogen and oxygen atoms in total. The largest absolute Gasteiger partial charge is 0.497 e. The third-order valence-corrected chi connectivity index (χ3v) is 5.55. The summed E-state index contributed by atoms with van der Waals surface area (Å²) in [6.45, 7) is 2.17. The number of ether oxygens (including phenoxy) is 3. The third kappa shape index (κ3) is 4.14. The molecule has 2 atom stereocenters. The molecule has 0 bridgehead atoms. The van der Waals surface area contributed by atoms with Gasteiger partial charge in [0.05, 0.1) is 19.3 Å². The van der Waals surface area contributed by atoms with Crippen LogP contribution < -0.4 is 9.47 Å². The lowest BCUT2D eigenvalue weighted by atomic mass is 10.0. The molecule has 2 aliphatic rings. The van der Waals surface area contributed by atoms with Crippen LogP contribution in [0.15, 0.2) is 48.5 Å². The van der Waals surface area contributed by atoms with Crippen LogP contribution >= 0.6 is 0 Å². The van der Waals surface area contributed by atoms with Crippen LogP contribution in [0.4, 0.5) is 0 Å². The summed E-state index contributed by atoms with van der Waals surface area (Å²) in [5.74, 6) is 1.67. The molecule has 148 valence electrons. The van der Waals surface area contributed by atoms with Gasteiger partial charge in [-0.05, 0) is 67.6 Å². The lowest BCUT2D eigenvalue weighted by Crippen LogP contribution is -2.30. The zero-order valence-corrected chi connectivity index (χ0v) is 16.3. The highest BCUT2D eigenvalue weighted by Gasteiger charge is 2.30. The van der Waals surface area contributed by atoms with Crippen molar-refractivity contribution in [2.45, 2.75) is 37.8 Å². The van der Waals surface area contributed by atoms with Crippen LogP contribution in [0.1, 0.15) is 47.6 Å². The van der Waals surface area contributed by atoms with E-state index in [1.165, 1.54) is 0 Å². The molecule has 2 unspecified atom stereocenters. The van der Waals surface area contributed by atoms with E-state index in [-0.39, 0.29) is 18.1 Å². The fourth-order valence-electron chi connectivity index (χ4n) is 4.03. The number of methoxy groups -OCH3 is 1. The van der Waals surface area contributed by atoms with E-state index >= 15 is 0 Å². The van der Waals surface area contributed by atoms with Crippen molar-refractivity contribution in [2.75, 3.05) is 26.9 Å².